The van der Waals surface area contributed by atoms with E-state index in [-0.39, 0.29) is 12.5 Å². The van der Waals surface area contributed by atoms with Gasteiger partial charge in [0.05, 0.1) is 0 Å². The molecule has 0 saturated heterocycles. The third-order valence-electron chi connectivity index (χ3n) is 3.27. The number of thiazole rings is 1. The minimum Gasteiger partial charge on any atom is -0.484 e. The number of carbonyl (C=O) groups is 1. The Morgan fingerprint density at radius 3 is 2.65 bits per heavy atom. The molecule has 2 aromatic carbocycles. The molecule has 4 nitrogen and oxygen atoms in total. The van der Waals surface area contributed by atoms with Crippen LogP contribution in [-0.4, -0.2) is 17.5 Å². The smallest absolute Gasteiger partial charge is 0.258 e. The summed E-state index contributed by atoms with van der Waals surface area (Å²) in [6, 6.07) is 17.2. The number of nitrogens with one attached hydrogen (secondary N) is 1. The van der Waals surface area contributed by atoms with Crippen LogP contribution in [0, 0.1) is 0 Å². The van der Waals surface area contributed by atoms with E-state index in [4.69, 9.17) is 4.74 Å². The maximum atomic E-state index is 11.9. The molecule has 1 N–H and O–H groups in total. The highest BCUT2D eigenvalue weighted by molar-refractivity contribution is 7.13. The van der Waals surface area contributed by atoms with Gasteiger partial charge in [-0.05, 0) is 17.7 Å². The fraction of sp³-hybridized carbons (Fsp3) is 0.111. The summed E-state index contributed by atoms with van der Waals surface area (Å²) in [6.07, 6.45) is 1.78. The van der Waals surface area contributed by atoms with Gasteiger partial charge in [0, 0.05) is 23.7 Å². The van der Waals surface area contributed by atoms with Crippen LogP contribution in [0.5, 0.6) is 5.75 Å². The van der Waals surface area contributed by atoms with E-state index in [0.717, 1.165) is 16.1 Å². The summed E-state index contributed by atoms with van der Waals surface area (Å²) >= 11 is 1.58. The molecule has 0 unspecified atom stereocenters. The van der Waals surface area contributed by atoms with Gasteiger partial charge in [0.2, 0.25) is 0 Å². The number of nitrogens with zero attached hydrogens (tertiary/aromatic N) is 1. The van der Waals surface area contributed by atoms with E-state index < -0.39 is 0 Å². The predicted octanol–water partition coefficient (Wildman–Crippen LogP) is 3.51. The molecule has 0 radical (unpaired) electrons. The zero-order valence-electron chi connectivity index (χ0n) is 12.4. The van der Waals surface area contributed by atoms with Crippen LogP contribution in [0.25, 0.3) is 10.6 Å². The van der Waals surface area contributed by atoms with Crippen molar-refractivity contribution in [1.82, 2.24) is 10.3 Å². The summed E-state index contributed by atoms with van der Waals surface area (Å²) in [4.78, 5) is 16.3. The summed E-state index contributed by atoms with van der Waals surface area (Å²) in [5.74, 6) is 0.536. The van der Waals surface area contributed by atoms with Gasteiger partial charge in [0.25, 0.3) is 5.91 Å². The van der Waals surface area contributed by atoms with Crippen molar-refractivity contribution in [2.75, 3.05) is 6.61 Å². The number of para-hydroxylation sites is 1. The van der Waals surface area contributed by atoms with Gasteiger partial charge in [-0.15, -0.1) is 11.3 Å². The lowest BCUT2D eigenvalue weighted by Crippen LogP contribution is -2.28. The second kappa shape index (κ2) is 7.56. The monoisotopic (exact) mass is 324 g/mol. The second-order valence-corrected chi connectivity index (χ2v) is 5.77. The molecule has 1 amide bonds. The zero-order chi connectivity index (χ0) is 15.9. The maximum Gasteiger partial charge on any atom is 0.258 e. The Hall–Kier alpha value is -2.66. The van der Waals surface area contributed by atoms with E-state index in [1.807, 2.05) is 60.0 Å². The molecular formula is C18H16N2O2S. The summed E-state index contributed by atoms with van der Waals surface area (Å²) in [5, 5.41) is 5.78. The minimum absolute atomic E-state index is 0.00340. The number of ether oxygens (including phenoxy) is 1. The number of rotatable bonds is 6. The van der Waals surface area contributed by atoms with Crippen molar-refractivity contribution in [2.24, 2.45) is 0 Å². The summed E-state index contributed by atoms with van der Waals surface area (Å²) in [6.45, 7) is 0.455. The lowest BCUT2D eigenvalue weighted by atomic mass is 10.1. The van der Waals surface area contributed by atoms with Crippen molar-refractivity contribution in [1.29, 1.82) is 0 Å². The molecule has 116 valence electrons. The predicted molar refractivity (Wildman–Crippen MR) is 91.3 cm³/mol. The van der Waals surface area contributed by atoms with Crippen LogP contribution in [0.4, 0.5) is 0 Å². The van der Waals surface area contributed by atoms with E-state index in [1.165, 1.54) is 0 Å². The molecule has 0 aliphatic rings. The van der Waals surface area contributed by atoms with Gasteiger partial charge < -0.3 is 10.1 Å². The highest BCUT2D eigenvalue weighted by Gasteiger charge is 2.08. The molecular weight excluding hydrogens is 308 g/mol. The molecule has 0 fully saturated rings. The highest BCUT2D eigenvalue weighted by Crippen LogP contribution is 2.25. The largest absolute Gasteiger partial charge is 0.484 e. The zero-order valence-corrected chi connectivity index (χ0v) is 13.3. The summed E-state index contributed by atoms with van der Waals surface area (Å²) < 4.78 is 5.44. The van der Waals surface area contributed by atoms with Gasteiger partial charge in [-0.2, -0.15) is 0 Å². The molecule has 0 saturated carbocycles. The van der Waals surface area contributed by atoms with Crippen molar-refractivity contribution in [3.8, 4) is 16.3 Å². The summed E-state index contributed by atoms with van der Waals surface area (Å²) in [5.41, 5.74) is 2.09. The van der Waals surface area contributed by atoms with Crippen LogP contribution >= 0.6 is 11.3 Å². The van der Waals surface area contributed by atoms with E-state index in [9.17, 15) is 4.79 Å². The normalized spacial score (nSPS) is 10.3. The van der Waals surface area contributed by atoms with Crippen molar-refractivity contribution >= 4 is 17.2 Å². The van der Waals surface area contributed by atoms with Crippen LogP contribution in [0.1, 0.15) is 5.56 Å². The van der Waals surface area contributed by atoms with Crippen molar-refractivity contribution < 1.29 is 9.53 Å². The van der Waals surface area contributed by atoms with Crippen LogP contribution in [-0.2, 0) is 11.3 Å². The first-order valence-electron chi connectivity index (χ1n) is 7.25. The molecule has 0 aliphatic heterocycles. The summed E-state index contributed by atoms with van der Waals surface area (Å²) in [7, 11) is 0. The lowest BCUT2D eigenvalue weighted by Gasteiger charge is -2.10. The number of aromatic nitrogens is 1. The SMILES string of the molecule is O=C(COc1ccccc1)NCc1ccccc1-c1nccs1. The van der Waals surface area contributed by atoms with Gasteiger partial charge >= 0.3 is 0 Å². The lowest BCUT2D eigenvalue weighted by molar-refractivity contribution is -0.123. The molecule has 0 atom stereocenters. The first kappa shape index (κ1) is 15.2. The molecule has 1 heterocycles. The number of hydrogen-bond acceptors (Lipinski definition) is 4. The maximum absolute atomic E-state index is 11.9. The van der Waals surface area contributed by atoms with Crippen molar-refractivity contribution in [3.05, 3.63) is 71.7 Å². The Morgan fingerprint density at radius 2 is 1.87 bits per heavy atom. The van der Waals surface area contributed by atoms with Gasteiger partial charge in [-0.25, -0.2) is 4.98 Å². The van der Waals surface area contributed by atoms with Crippen LogP contribution < -0.4 is 10.1 Å². The first-order chi connectivity index (χ1) is 11.3. The fourth-order valence-corrected chi connectivity index (χ4v) is 2.85. The number of hydrogen-bond donors (Lipinski definition) is 1. The van der Waals surface area contributed by atoms with Gasteiger partial charge in [0.1, 0.15) is 10.8 Å². The molecule has 1 aromatic heterocycles. The van der Waals surface area contributed by atoms with Gasteiger partial charge in [-0.1, -0.05) is 42.5 Å². The van der Waals surface area contributed by atoms with Crippen LogP contribution in [0.15, 0.2) is 66.2 Å². The molecule has 0 spiro atoms. The standard InChI is InChI=1S/C18H16N2O2S/c21-17(13-22-15-7-2-1-3-8-15)20-12-14-6-4-5-9-16(14)18-19-10-11-23-18/h1-11H,12-13H2,(H,20,21). The van der Waals surface area contributed by atoms with Crippen LogP contribution in [0.3, 0.4) is 0 Å². The van der Waals surface area contributed by atoms with Crippen molar-refractivity contribution in [2.45, 2.75) is 6.54 Å². The molecule has 3 aromatic rings. The molecule has 0 aliphatic carbocycles. The topological polar surface area (TPSA) is 51.2 Å². The Balaban J connectivity index is 1.57. The highest BCUT2D eigenvalue weighted by atomic mass is 32.1. The molecule has 0 bridgehead atoms. The Morgan fingerprint density at radius 1 is 1.09 bits per heavy atom. The molecule has 5 heteroatoms. The quantitative estimate of drug-likeness (QED) is 0.755. The Kier molecular flexibility index (Phi) is 5.01. The van der Waals surface area contributed by atoms with Gasteiger partial charge in [-0.3, -0.25) is 4.79 Å². The number of carbonyl (C=O) groups excluding carboxylic acids is 1. The minimum atomic E-state index is -0.150. The van der Waals surface area contributed by atoms with Crippen LogP contribution in [0.2, 0.25) is 0 Å². The third kappa shape index (κ3) is 4.17. The number of amides is 1. The average Bonchev–Trinajstić information content (AvgIpc) is 3.14. The Bertz CT molecular complexity index is 758. The van der Waals surface area contributed by atoms with E-state index in [1.54, 1.807) is 17.5 Å². The van der Waals surface area contributed by atoms with E-state index >= 15 is 0 Å². The third-order valence-corrected chi connectivity index (χ3v) is 4.08. The fourth-order valence-electron chi connectivity index (χ4n) is 2.15. The Labute approximate surface area is 138 Å². The first-order valence-corrected chi connectivity index (χ1v) is 8.13. The average molecular weight is 324 g/mol. The number of benzene rings is 2. The van der Waals surface area contributed by atoms with Crippen molar-refractivity contribution in [3.63, 3.8) is 0 Å². The molecule has 3 rings (SSSR count). The second-order valence-electron chi connectivity index (χ2n) is 4.87. The van der Waals surface area contributed by atoms with E-state index in [2.05, 4.69) is 10.3 Å². The van der Waals surface area contributed by atoms with E-state index in [0.29, 0.717) is 12.3 Å². The molecule has 23 heavy (non-hydrogen) atoms. The van der Waals surface area contributed by atoms with Gasteiger partial charge in [0.15, 0.2) is 6.61 Å².